The molecule has 0 bridgehead atoms. The van der Waals surface area contributed by atoms with Crippen LogP contribution >= 0.6 is 0 Å². The molecule has 0 aromatic heterocycles. The van der Waals surface area contributed by atoms with Gasteiger partial charge in [-0.05, 0) is 12.1 Å². The highest BCUT2D eigenvalue weighted by Crippen LogP contribution is 2.20. The summed E-state index contributed by atoms with van der Waals surface area (Å²) in [5, 5.41) is 0.860. The molecule has 0 unspecified atom stereocenters. The van der Waals surface area contributed by atoms with Crippen molar-refractivity contribution < 1.29 is 9.53 Å². The summed E-state index contributed by atoms with van der Waals surface area (Å²) in [6.07, 6.45) is 0.785. The van der Waals surface area contributed by atoms with E-state index >= 15 is 0 Å². The molecule has 0 aliphatic carbocycles. The van der Waals surface area contributed by atoms with E-state index < -0.39 is 6.09 Å². The van der Waals surface area contributed by atoms with E-state index in [9.17, 15) is 4.79 Å². The third-order valence-electron chi connectivity index (χ3n) is 1.72. The lowest BCUT2D eigenvalue weighted by atomic mass is 10.3. The van der Waals surface area contributed by atoms with Gasteiger partial charge in [0.25, 0.3) is 0 Å². The fourth-order valence-electron chi connectivity index (χ4n) is 1.01. The summed E-state index contributed by atoms with van der Waals surface area (Å²) in [6, 6.07) is 6.76. The fourth-order valence-corrected chi connectivity index (χ4v) is 1.01. The predicted octanol–water partition coefficient (Wildman–Crippen LogP) is 1.27. The summed E-state index contributed by atoms with van der Waals surface area (Å²) in [5.74, 6) is 5.52. The van der Waals surface area contributed by atoms with Gasteiger partial charge < -0.3 is 10.5 Å². The van der Waals surface area contributed by atoms with E-state index in [2.05, 4.69) is 6.58 Å². The molecular weight excluding hydrogens is 194 g/mol. The monoisotopic (exact) mass is 207 g/mol. The van der Waals surface area contributed by atoms with Crippen molar-refractivity contribution in [2.24, 2.45) is 5.84 Å². The Kier molecular flexibility index (Phi) is 3.70. The molecule has 1 rings (SSSR count). The molecule has 80 valence electrons. The van der Waals surface area contributed by atoms with Gasteiger partial charge in [-0.15, -0.1) is 0 Å². The lowest BCUT2D eigenvalue weighted by Crippen LogP contribution is -2.38. The number of hydrogen-bond donors (Lipinski definition) is 2. The average molecular weight is 207 g/mol. The number of anilines is 2. The Labute approximate surface area is 87.9 Å². The van der Waals surface area contributed by atoms with Crippen LogP contribution in [0.2, 0.25) is 0 Å². The Morgan fingerprint density at radius 2 is 2.20 bits per heavy atom. The number of carbonyl (C=O) groups is 1. The number of hydrogen-bond acceptors (Lipinski definition) is 4. The van der Waals surface area contributed by atoms with Crippen LogP contribution < -0.4 is 16.6 Å². The Balaban J connectivity index is 2.76. The minimum Gasteiger partial charge on any atom is -0.444 e. The molecule has 1 aromatic carbocycles. The van der Waals surface area contributed by atoms with Gasteiger partial charge in [0, 0.05) is 0 Å². The minimum atomic E-state index is -0.673. The van der Waals surface area contributed by atoms with Gasteiger partial charge in [-0.1, -0.05) is 24.8 Å². The van der Waals surface area contributed by atoms with Crippen LogP contribution in [-0.2, 0) is 4.74 Å². The zero-order valence-electron chi connectivity index (χ0n) is 8.22. The number of rotatable bonds is 3. The van der Waals surface area contributed by atoms with Gasteiger partial charge in [-0.25, -0.2) is 15.6 Å². The van der Waals surface area contributed by atoms with Gasteiger partial charge in [0.15, 0.2) is 0 Å². The highest BCUT2D eigenvalue weighted by Gasteiger charge is 2.14. The van der Waals surface area contributed by atoms with Crippen LogP contribution in [0.15, 0.2) is 36.9 Å². The van der Waals surface area contributed by atoms with Gasteiger partial charge in [0.2, 0.25) is 0 Å². The third-order valence-corrected chi connectivity index (χ3v) is 1.72. The average Bonchev–Trinajstić information content (AvgIpc) is 2.25. The highest BCUT2D eigenvalue weighted by atomic mass is 16.6. The number of amides is 1. The Morgan fingerprint density at radius 3 is 2.80 bits per heavy atom. The minimum absolute atomic E-state index is 0.110. The molecule has 0 saturated heterocycles. The molecule has 0 heterocycles. The maximum absolute atomic E-state index is 11.3. The number of benzene rings is 1. The summed E-state index contributed by atoms with van der Waals surface area (Å²) < 4.78 is 4.75. The molecule has 0 fully saturated rings. The van der Waals surface area contributed by atoms with E-state index in [4.69, 9.17) is 16.3 Å². The smallest absolute Gasteiger partial charge is 0.429 e. The maximum atomic E-state index is 11.3. The lowest BCUT2D eigenvalue weighted by Gasteiger charge is -2.17. The van der Waals surface area contributed by atoms with E-state index in [1.54, 1.807) is 24.3 Å². The molecule has 0 saturated carbocycles. The van der Waals surface area contributed by atoms with Gasteiger partial charge in [0.05, 0.1) is 11.4 Å². The first-order valence-electron chi connectivity index (χ1n) is 4.33. The number of nitrogens with two attached hydrogens (primary N) is 2. The van der Waals surface area contributed by atoms with E-state index in [0.717, 1.165) is 5.01 Å². The van der Waals surface area contributed by atoms with Gasteiger partial charge >= 0.3 is 6.09 Å². The molecule has 0 radical (unpaired) electrons. The molecule has 1 amide bonds. The van der Waals surface area contributed by atoms with Crippen molar-refractivity contribution in [1.82, 2.24) is 0 Å². The van der Waals surface area contributed by atoms with E-state index in [0.29, 0.717) is 11.4 Å². The number of hydrazine groups is 1. The summed E-state index contributed by atoms with van der Waals surface area (Å²) in [4.78, 5) is 11.3. The summed E-state index contributed by atoms with van der Waals surface area (Å²) in [7, 11) is 0. The van der Waals surface area contributed by atoms with Gasteiger partial charge in [-0.3, -0.25) is 0 Å². The van der Waals surface area contributed by atoms with Crippen molar-refractivity contribution >= 4 is 17.5 Å². The van der Waals surface area contributed by atoms with Crippen molar-refractivity contribution in [3.05, 3.63) is 36.9 Å². The zero-order chi connectivity index (χ0) is 11.3. The Hall–Kier alpha value is -2.01. The summed E-state index contributed by atoms with van der Waals surface area (Å²) in [6.45, 7) is 3.53. The Bertz CT molecular complexity index is 365. The standard InChI is InChI=1S/C10H13N3O2/c1-2-7-15-10(14)13(12)9-6-4-3-5-8(9)11/h2-6H,1,7,11-12H2. The van der Waals surface area contributed by atoms with Crippen LogP contribution in [-0.4, -0.2) is 12.7 Å². The first kappa shape index (κ1) is 11.1. The third kappa shape index (κ3) is 2.72. The zero-order valence-corrected chi connectivity index (χ0v) is 8.22. The maximum Gasteiger partial charge on any atom is 0.429 e. The Morgan fingerprint density at radius 1 is 1.53 bits per heavy atom. The summed E-state index contributed by atoms with van der Waals surface area (Å²) in [5.41, 5.74) is 6.46. The lowest BCUT2D eigenvalue weighted by molar-refractivity contribution is 0.166. The van der Waals surface area contributed by atoms with Crippen molar-refractivity contribution in [3.63, 3.8) is 0 Å². The molecule has 5 heteroatoms. The van der Waals surface area contributed by atoms with Crippen LogP contribution in [0.3, 0.4) is 0 Å². The predicted molar refractivity (Wildman–Crippen MR) is 59.1 cm³/mol. The van der Waals surface area contributed by atoms with Gasteiger partial charge in [-0.2, -0.15) is 0 Å². The SMILES string of the molecule is C=CCOC(=O)N(N)c1ccccc1N. The number of nitrogens with zero attached hydrogens (tertiary/aromatic N) is 1. The van der Waals surface area contributed by atoms with Crippen molar-refractivity contribution in [3.8, 4) is 0 Å². The second kappa shape index (κ2) is 5.02. The highest BCUT2D eigenvalue weighted by molar-refractivity contribution is 5.90. The quantitative estimate of drug-likeness (QED) is 0.257. The first-order valence-corrected chi connectivity index (χ1v) is 4.33. The van der Waals surface area contributed by atoms with Crippen LogP contribution in [0.25, 0.3) is 0 Å². The van der Waals surface area contributed by atoms with Crippen LogP contribution in [0.4, 0.5) is 16.2 Å². The number of carbonyl (C=O) groups excluding carboxylic acids is 1. The molecule has 0 aliphatic heterocycles. The first-order chi connectivity index (χ1) is 7.16. The van der Waals surface area contributed by atoms with E-state index in [1.807, 2.05) is 0 Å². The second-order valence-electron chi connectivity index (χ2n) is 2.79. The molecule has 5 nitrogen and oxygen atoms in total. The number of nitrogen functional groups attached to an aromatic ring is 1. The molecule has 1 aromatic rings. The van der Waals surface area contributed by atoms with E-state index in [-0.39, 0.29) is 6.61 Å². The normalized spacial score (nSPS) is 9.40. The number of para-hydroxylation sites is 2. The molecule has 4 N–H and O–H groups in total. The van der Waals surface area contributed by atoms with Crippen molar-refractivity contribution in [1.29, 1.82) is 0 Å². The van der Waals surface area contributed by atoms with Crippen molar-refractivity contribution in [2.45, 2.75) is 0 Å². The van der Waals surface area contributed by atoms with E-state index in [1.165, 1.54) is 6.08 Å². The van der Waals surface area contributed by atoms with Gasteiger partial charge in [0.1, 0.15) is 6.61 Å². The molecule has 15 heavy (non-hydrogen) atoms. The second-order valence-corrected chi connectivity index (χ2v) is 2.79. The molecule has 0 atom stereocenters. The van der Waals surface area contributed by atoms with Crippen LogP contribution in [0.1, 0.15) is 0 Å². The van der Waals surface area contributed by atoms with Crippen LogP contribution in [0, 0.1) is 0 Å². The fraction of sp³-hybridized carbons (Fsp3) is 0.100. The molecule has 0 spiro atoms. The van der Waals surface area contributed by atoms with Crippen molar-refractivity contribution in [2.75, 3.05) is 17.3 Å². The summed E-state index contributed by atoms with van der Waals surface area (Å²) >= 11 is 0. The van der Waals surface area contributed by atoms with Crippen LogP contribution in [0.5, 0.6) is 0 Å². The largest absolute Gasteiger partial charge is 0.444 e. The topological polar surface area (TPSA) is 81.6 Å². The molecular formula is C10H13N3O2. The molecule has 0 aliphatic rings. The number of ether oxygens (including phenoxy) is 1.